The van der Waals surface area contributed by atoms with E-state index >= 15 is 0 Å². The predicted octanol–water partition coefficient (Wildman–Crippen LogP) is 5.53. The number of benzene rings is 1. The second-order valence-corrected chi connectivity index (χ2v) is 10.8. The Morgan fingerprint density at radius 1 is 1.12 bits per heavy atom. The highest BCUT2D eigenvalue weighted by Crippen LogP contribution is 2.48. The van der Waals surface area contributed by atoms with E-state index in [9.17, 15) is 14.7 Å². The van der Waals surface area contributed by atoms with Gasteiger partial charge in [-0.05, 0) is 68.9 Å². The minimum Gasteiger partial charge on any atom is -0.481 e. The molecular weight excluding hydrogens is 414 g/mol. The van der Waals surface area contributed by atoms with Gasteiger partial charge >= 0.3 is 5.97 Å². The molecule has 6 heteroatoms. The fourth-order valence-electron chi connectivity index (χ4n) is 5.45. The molecule has 1 atom stereocenters. The summed E-state index contributed by atoms with van der Waals surface area (Å²) < 4.78 is 2.22. The van der Waals surface area contributed by atoms with Gasteiger partial charge in [-0.2, -0.15) is 0 Å². The molecule has 1 N–H and O–H groups in total. The fourth-order valence-corrected chi connectivity index (χ4v) is 5.45. The number of carbonyl (C=O) groups is 2. The molecule has 6 nitrogen and oxygen atoms in total. The lowest BCUT2D eigenvalue weighted by Crippen LogP contribution is -2.26. The summed E-state index contributed by atoms with van der Waals surface area (Å²) in [7, 11) is 0. The normalized spacial score (nSPS) is 21.1. The van der Waals surface area contributed by atoms with E-state index in [-0.39, 0.29) is 18.6 Å². The molecular formula is C27H37N3O3. The number of aryl methyl sites for hydroxylation is 2. The zero-order valence-corrected chi connectivity index (χ0v) is 20.4. The van der Waals surface area contributed by atoms with Crippen LogP contribution in [0.4, 0.5) is 0 Å². The van der Waals surface area contributed by atoms with Crippen LogP contribution in [-0.2, 0) is 16.0 Å². The summed E-state index contributed by atoms with van der Waals surface area (Å²) in [4.78, 5) is 24.7. The molecule has 0 amide bonds. The van der Waals surface area contributed by atoms with E-state index in [1.165, 1.54) is 12.0 Å². The topological polar surface area (TPSA) is 85.1 Å². The number of aromatic nitrogens is 3. The summed E-state index contributed by atoms with van der Waals surface area (Å²) in [5.74, 6) is 2.31. The Hall–Kier alpha value is -2.50. The molecule has 0 spiro atoms. The highest BCUT2D eigenvalue weighted by atomic mass is 16.4. The summed E-state index contributed by atoms with van der Waals surface area (Å²) in [6.45, 7) is 8.59. The van der Waals surface area contributed by atoms with E-state index < -0.39 is 11.9 Å². The number of rotatable bonds is 11. The first-order valence-corrected chi connectivity index (χ1v) is 12.5. The van der Waals surface area contributed by atoms with Gasteiger partial charge in [-0.25, -0.2) is 0 Å². The number of Topliss-reactive ketones (excluding diaryl/α,β-unsaturated/α-hetero) is 1. The van der Waals surface area contributed by atoms with Crippen LogP contribution in [-0.4, -0.2) is 31.6 Å². The van der Waals surface area contributed by atoms with Crippen LogP contribution in [0, 0.1) is 25.7 Å². The van der Waals surface area contributed by atoms with Crippen molar-refractivity contribution in [2.24, 2.45) is 11.8 Å². The number of carboxylic acids is 1. The minimum absolute atomic E-state index is 0.0562. The monoisotopic (exact) mass is 451 g/mol. The van der Waals surface area contributed by atoms with Crippen LogP contribution < -0.4 is 0 Å². The molecule has 1 unspecified atom stereocenters. The van der Waals surface area contributed by atoms with Gasteiger partial charge in [-0.15, -0.1) is 10.2 Å². The van der Waals surface area contributed by atoms with Gasteiger partial charge in [-0.1, -0.05) is 37.6 Å². The van der Waals surface area contributed by atoms with Crippen molar-refractivity contribution in [1.29, 1.82) is 0 Å². The van der Waals surface area contributed by atoms with Crippen molar-refractivity contribution in [3.63, 3.8) is 0 Å². The third kappa shape index (κ3) is 5.71. The molecule has 0 radical (unpaired) electrons. The van der Waals surface area contributed by atoms with Crippen LogP contribution in [0.3, 0.4) is 0 Å². The number of nitrogens with zero attached hydrogens (tertiary/aromatic N) is 3. The first-order chi connectivity index (χ1) is 15.7. The van der Waals surface area contributed by atoms with Crippen molar-refractivity contribution in [3.05, 3.63) is 46.5 Å². The Kier molecular flexibility index (Phi) is 7.01. The lowest BCUT2D eigenvalue weighted by atomic mass is 9.71. The zero-order valence-electron chi connectivity index (χ0n) is 20.4. The second kappa shape index (κ2) is 9.78. The predicted molar refractivity (Wildman–Crippen MR) is 127 cm³/mol. The van der Waals surface area contributed by atoms with Crippen LogP contribution in [0.15, 0.2) is 18.2 Å². The lowest BCUT2D eigenvalue weighted by molar-refractivity contribution is -0.137. The molecule has 33 heavy (non-hydrogen) atoms. The number of hydrogen-bond acceptors (Lipinski definition) is 4. The van der Waals surface area contributed by atoms with Gasteiger partial charge in [0.1, 0.15) is 17.4 Å². The lowest BCUT2D eigenvalue weighted by Gasteiger charge is -2.36. The Morgan fingerprint density at radius 3 is 2.45 bits per heavy atom. The van der Waals surface area contributed by atoms with Crippen molar-refractivity contribution in [2.75, 3.05) is 0 Å². The summed E-state index contributed by atoms with van der Waals surface area (Å²) in [6, 6.07) is 6.47. The third-order valence-corrected chi connectivity index (χ3v) is 7.21. The Labute approximate surface area is 196 Å². The number of hydrogen-bond donors (Lipinski definition) is 1. The molecule has 178 valence electrons. The molecule has 0 saturated heterocycles. The quantitative estimate of drug-likeness (QED) is 0.485. The van der Waals surface area contributed by atoms with E-state index in [0.29, 0.717) is 30.1 Å². The molecule has 1 heterocycles. The van der Waals surface area contributed by atoms with Gasteiger partial charge in [0.2, 0.25) is 0 Å². The summed E-state index contributed by atoms with van der Waals surface area (Å²) in [5.41, 5.74) is 3.28. The van der Waals surface area contributed by atoms with Crippen LogP contribution in [0.25, 0.3) is 0 Å². The van der Waals surface area contributed by atoms with Crippen molar-refractivity contribution in [3.8, 4) is 0 Å². The number of ketones is 1. The van der Waals surface area contributed by atoms with E-state index in [2.05, 4.69) is 34.7 Å². The Morgan fingerprint density at radius 2 is 1.85 bits per heavy atom. The molecule has 0 bridgehead atoms. The van der Waals surface area contributed by atoms with E-state index in [1.54, 1.807) is 0 Å². The van der Waals surface area contributed by atoms with Crippen LogP contribution >= 0.6 is 0 Å². The fraction of sp³-hybridized carbons (Fsp3) is 0.630. The van der Waals surface area contributed by atoms with Gasteiger partial charge in [0.25, 0.3) is 0 Å². The van der Waals surface area contributed by atoms with Crippen molar-refractivity contribution >= 4 is 11.8 Å². The van der Waals surface area contributed by atoms with Crippen molar-refractivity contribution in [2.45, 2.75) is 96.9 Å². The maximum absolute atomic E-state index is 13.0. The second-order valence-electron chi connectivity index (χ2n) is 10.8. The van der Waals surface area contributed by atoms with Crippen molar-refractivity contribution in [1.82, 2.24) is 14.8 Å². The van der Waals surface area contributed by atoms with Gasteiger partial charge in [0.15, 0.2) is 0 Å². The average Bonchev–Trinajstić information content (AvgIpc) is 3.44. The van der Waals surface area contributed by atoms with Gasteiger partial charge in [0.05, 0.1) is 6.42 Å². The molecule has 2 saturated carbocycles. The maximum atomic E-state index is 13.0. The van der Waals surface area contributed by atoms with E-state index in [4.69, 9.17) is 0 Å². The summed E-state index contributed by atoms with van der Waals surface area (Å²) in [5, 5.41) is 18.7. The summed E-state index contributed by atoms with van der Waals surface area (Å²) in [6.07, 6.45) is 6.10. The Bertz CT molecular complexity index is 1020. The first kappa shape index (κ1) is 23.7. The average molecular weight is 452 g/mol. The standard InChI is InChI=1S/C27H37N3O3/c1-16(2)9-19-11-21(12-19)26-28-29-27(30(26)23-7-8-23)22(15-25(32)33)14-24(31)13-20-6-5-17(3)10-18(20)4/h5-6,10,16,19,21-23H,7-9,11-15H2,1-4H3,(H,32,33). The van der Waals surface area contributed by atoms with Crippen LogP contribution in [0.2, 0.25) is 0 Å². The van der Waals surface area contributed by atoms with Gasteiger partial charge in [-0.3, -0.25) is 9.59 Å². The van der Waals surface area contributed by atoms with Gasteiger partial charge < -0.3 is 9.67 Å². The molecule has 1 aromatic carbocycles. The molecule has 1 aromatic heterocycles. The highest BCUT2D eigenvalue weighted by molar-refractivity contribution is 5.82. The largest absolute Gasteiger partial charge is 0.481 e. The maximum Gasteiger partial charge on any atom is 0.304 e. The molecule has 2 aromatic rings. The SMILES string of the molecule is Cc1ccc(CC(=O)CC(CC(=O)O)c2nnc(C3CC(CC(C)C)C3)n2C2CC2)c(C)c1. The molecule has 2 aliphatic carbocycles. The molecule has 0 aliphatic heterocycles. The number of carbonyl (C=O) groups excluding carboxylic acids is 1. The molecule has 4 rings (SSSR count). The summed E-state index contributed by atoms with van der Waals surface area (Å²) >= 11 is 0. The molecule has 2 aliphatic rings. The highest BCUT2D eigenvalue weighted by Gasteiger charge is 2.40. The third-order valence-electron chi connectivity index (χ3n) is 7.21. The van der Waals surface area contributed by atoms with Crippen LogP contribution in [0.1, 0.15) is 105 Å². The van der Waals surface area contributed by atoms with E-state index in [0.717, 1.165) is 48.6 Å². The smallest absolute Gasteiger partial charge is 0.304 e. The zero-order chi connectivity index (χ0) is 23.7. The number of aliphatic carboxylic acids is 1. The van der Waals surface area contributed by atoms with Crippen molar-refractivity contribution < 1.29 is 14.7 Å². The van der Waals surface area contributed by atoms with Crippen LogP contribution in [0.5, 0.6) is 0 Å². The minimum atomic E-state index is -0.896. The van der Waals surface area contributed by atoms with Gasteiger partial charge in [0, 0.05) is 30.7 Å². The molecule has 2 fully saturated rings. The van der Waals surface area contributed by atoms with E-state index in [1.807, 2.05) is 26.0 Å². The Balaban J connectivity index is 1.52. The number of carboxylic acid groups (broad SMARTS) is 1. The first-order valence-electron chi connectivity index (χ1n) is 12.5.